The molecule has 2 N–H and O–H groups in total. The van der Waals surface area contributed by atoms with Gasteiger partial charge in [-0.05, 0) is 42.0 Å². The van der Waals surface area contributed by atoms with Crippen LogP contribution in [0.1, 0.15) is 12.0 Å². The Morgan fingerprint density at radius 3 is 2.32 bits per heavy atom. The summed E-state index contributed by atoms with van der Waals surface area (Å²) in [6.45, 7) is 0.293. The van der Waals surface area contributed by atoms with Crippen LogP contribution in [0.5, 0.6) is 5.75 Å². The normalized spacial score (nSPS) is 11.1. The Morgan fingerprint density at radius 2 is 1.72 bits per heavy atom. The van der Waals surface area contributed by atoms with Crippen molar-refractivity contribution >= 4 is 15.9 Å². The zero-order chi connectivity index (χ0) is 18.3. The zero-order valence-corrected chi connectivity index (χ0v) is 14.5. The lowest BCUT2D eigenvalue weighted by molar-refractivity contribution is -0.121. The van der Waals surface area contributed by atoms with E-state index in [4.69, 9.17) is 4.74 Å². The predicted molar refractivity (Wildman–Crippen MR) is 91.0 cm³/mol. The van der Waals surface area contributed by atoms with Crippen molar-refractivity contribution in [3.05, 3.63) is 59.9 Å². The molecule has 0 atom stereocenters. The Morgan fingerprint density at radius 1 is 1.08 bits per heavy atom. The molecule has 134 valence electrons. The van der Waals surface area contributed by atoms with Crippen molar-refractivity contribution in [2.75, 3.05) is 13.7 Å². The minimum Gasteiger partial charge on any atom is -0.497 e. The van der Waals surface area contributed by atoms with Gasteiger partial charge in [-0.1, -0.05) is 12.1 Å². The Labute approximate surface area is 146 Å². The van der Waals surface area contributed by atoms with Gasteiger partial charge in [0.15, 0.2) is 0 Å². The molecule has 0 aliphatic carbocycles. The van der Waals surface area contributed by atoms with Crippen LogP contribution in [0.4, 0.5) is 4.39 Å². The molecular weight excluding hydrogens is 347 g/mol. The molecule has 2 aromatic carbocycles. The van der Waals surface area contributed by atoms with Crippen LogP contribution < -0.4 is 14.8 Å². The topological polar surface area (TPSA) is 84.5 Å². The van der Waals surface area contributed by atoms with Gasteiger partial charge in [-0.3, -0.25) is 4.79 Å². The second-order valence-electron chi connectivity index (χ2n) is 5.23. The Kier molecular flexibility index (Phi) is 6.49. The number of hydrogen-bond acceptors (Lipinski definition) is 4. The van der Waals surface area contributed by atoms with E-state index >= 15 is 0 Å². The van der Waals surface area contributed by atoms with Crippen molar-refractivity contribution in [1.82, 2.24) is 10.0 Å². The average molecular weight is 366 g/mol. The standard InChI is InChI=1S/C17H19FN2O4S/c1-24-15-6-2-13(3-7-15)12-19-17(21)10-11-20-25(22,23)16-8-4-14(18)5-9-16/h2-9,20H,10-12H2,1H3,(H,19,21). The summed E-state index contributed by atoms with van der Waals surface area (Å²) >= 11 is 0. The quantitative estimate of drug-likeness (QED) is 0.746. The molecule has 2 aromatic rings. The lowest BCUT2D eigenvalue weighted by Gasteiger charge is -2.08. The van der Waals surface area contributed by atoms with Gasteiger partial charge in [0.2, 0.25) is 15.9 Å². The minimum absolute atomic E-state index is 0.00339. The summed E-state index contributed by atoms with van der Waals surface area (Å²) in [6.07, 6.45) is -0.00339. The molecule has 25 heavy (non-hydrogen) atoms. The number of methoxy groups -OCH3 is 1. The maximum absolute atomic E-state index is 12.8. The summed E-state index contributed by atoms with van der Waals surface area (Å²) in [4.78, 5) is 11.7. The van der Waals surface area contributed by atoms with E-state index in [0.717, 1.165) is 23.4 Å². The summed E-state index contributed by atoms with van der Waals surface area (Å²) in [5, 5.41) is 2.71. The first-order valence-corrected chi connectivity index (χ1v) is 9.04. The average Bonchev–Trinajstić information content (AvgIpc) is 2.60. The van der Waals surface area contributed by atoms with Crippen LogP contribution in [0.15, 0.2) is 53.4 Å². The number of nitrogens with one attached hydrogen (secondary N) is 2. The molecule has 6 nitrogen and oxygen atoms in total. The van der Waals surface area contributed by atoms with E-state index in [-0.39, 0.29) is 23.8 Å². The molecule has 0 fully saturated rings. The van der Waals surface area contributed by atoms with Crippen molar-refractivity contribution in [1.29, 1.82) is 0 Å². The molecule has 0 radical (unpaired) electrons. The van der Waals surface area contributed by atoms with Gasteiger partial charge in [-0.2, -0.15) is 0 Å². The smallest absolute Gasteiger partial charge is 0.240 e. The SMILES string of the molecule is COc1ccc(CNC(=O)CCNS(=O)(=O)c2ccc(F)cc2)cc1. The number of benzene rings is 2. The van der Waals surface area contributed by atoms with E-state index in [1.165, 1.54) is 12.1 Å². The first-order chi connectivity index (χ1) is 11.9. The Balaban J connectivity index is 1.76. The highest BCUT2D eigenvalue weighted by molar-refractivity contribution is 7.89. The highest BCUT2D eigenvalue weighted by atomic mass is 32.2. The van der Waals surface area contributed by atoms with Crippen LogP contribution in [0.3, 0.4) is 0 Å². The Hall–Kier alpha value is -2.45. The van der Waals surface area contributed by atoms with E-state index in [9.17, 15) is 17.6 Å². The molecule has 0 unspecified atom stereocenters. The van der Waals surface area contributed by atoms with Gasteiger partial charge in [-0.15, -0.1) is 0 Å². The van der Waals surface area contributed by atoms with E-state index in [1.54, 1.807) is 19.2 Å². The summed E-state index contributed by atoms with van der Waals surface area (Å²) in [5.74, 6) is -0.0697. The van der Waals surface area contributed by atoms with E-state index in [0.29, 0.717) is 6.54 Å². The molecule has 0 spiro atoms. The van der Waals surface area contributed by atoms with Crippen LogP contribution in [0.2, 0.25) is 0 Å². The number of carbonyl (C=O) groups excluding carboxylic acids is 1. The number of hydrogen-bond donors (Lipinski definition) is 2. The molecule has 0 aromatic heterocycles. The number of carbonyl (C=O) groups is 1. The third kappa shape index (κ3) is 5.84. The lowest BCUT2D eigenvalue weighted by Crippen LogP contribution is -2.30. The highest BCUT2D eigenvalue weighted by Gasteiger charge is 2.14. The predicted octanol–water partition coefficient (Wildman–Crippen LogP) is 1.82. The number of rotatable bonds is 8. The lowest BCUT2D eigenvalue weighted by atomic mass is 10.2. The molecule has 0 bridgehead atoms. The molecule has 8 heteroatoms. The van der Waals surface area contributed by atoms with Gasteiger partial charge in [0, 0.05) is 19.5 Å². The third-order valence-corrected chi connectivity index (χ3v) is 4.89. The van der Waals surface area contributed by atoms with E-state index in [2.05, 4.69) is 10.0 Å². The van der Waals surface area contributed by atoms with Crippen LogP contribution in [-0.2, 0) is 21.4 Å². The second-order valence-corrected chi connectivity index (χ2v) is 6.99. The summed E-state index contributed by atoms with van der Waals surface area (Å²) in [6, 6.07) is 11.7. The van der Waals surface area contributed by atoms with Gasteiger partial charge < -0.3 is 10.1 Å². The minimum atomic E-state index is -3.76. The maximum Gasteiger partial charge on any atom is 0.240 e. The molecule has 0 saturated heterocycles. The van der Waals surface area contributed by atoms with Crippen LogP contribution in [-0.4, -0.2) is 28.0 Å². The fourth-order valence-electron chi connectivity index (χ4n) is 2.03. The van der Waals surface area contributed by atoms with E-state index < -0.39 is 15.8 Å². The zero-order valence-electron chi connectivity index (χ0n) is 13.7. The number of ether oxygens (including phenoxy) is 1. The van der Waals surface area contributed by atoms with Crippen molar-refractivity contribution < 1.29 is 22.3 Å². The van der Waals surface area contributed by atoms with Crippen molar-refractivity contribution in [2.45, 2.75) is 17.9 Å². The van der Waals surface area contributed by atoms with Crippen LogP contribution >= 0.6 is 0 Å². The Bertz CT molecular complexity index is 806. The number of amides is 1. The second kappa shape index (κ2) is 8.59. The maximum atomic E-state index is 12.8. The fourth-order valence-corrected chi connectivity index (χ4v) is 3.06. The first-order valence-electron chi connectivity index (χ1n) is 7.55. The van der Waals surface area contributed by atoms with Gasteiger partial charge in [-0.25, -0.2) is 17.5 Å². The van der Waals surface area contributed by atoms with Gasteiger partial charge in [0.1, 0.15) is 11.6 Å². The van der Waals surface area contributed by atoms with Gasteiger partial charge in [0.25, 0.3) is 0 Å². The molecule has 0 saturated carbocycles. The van der Waals surface area contributed by atoms with Gasteiger partial charge in [0.05, 0.1) is 12.0 Å². The largest absolute Gasteiger partial charge is 0.497 e. The van der Waals surface area contributed by atoms with Crippen LogP contribution in [0.25, 0.3) is 0 Å². The van der Waals surface area contributed by atoms with Gasteiger partial charge >= 0.3 is 0 Å². The number of halogens is 1. The summed E-state index contributed by atoms with van der Waals surface area (Å²) in [7, 11) is -2.18. The first kappa shape index (κ1) is 18.9. The number of sulfonamides is 1. The highest BCUT2D eigenvalue weighted by Crippen LogP contribution is 2.11. The molecule has 0 aliphatic heterocycles. The molecular formula is C17H19FN2O4S. The third-order valence-electron chi connectivity index (χ3n) is 3.42. The van der Waals surface area contributed by atoms with Crippen molar-refractivity contribution in [2.24, 2.45) is 0 Å². The molecule has 0 aliphatic rings. The fraction of sp³-hybridized carbons (Fsp3) is 0.235. The van der Waals surface area contributed by atoms with Crippen LogP contribution in [0, 0.1) is 5.82 Å². The molecule has 2 rings (SSSR count). The van der Waals surface area contributed by atoms with Crippen molar-refractivity contribution in [3.8, 4) is 5.75 Å². The van der Waals surface area contributed by atoms with E-state index in [1.807, 2.05) is 12.1 Å². The van der Waals surface area contributed by atoms with Crippen molar-refractivity contribution in [3.63, 3.8) is 0 Å². The summed E-state index contributed by atoms with van der Waals surface area (Å²) in [5.41, 5.74) is 0.904. The summed E-state index contributed by atoms with van der Waals surface area (Å²) < 4.78 is 44.2. The monoisotopic (exact) mass is 366 g/mol. The molecule has 0 heterocycles. The molecule has 1 amide bonds.